The molecule has 5 rings (SSSR count). The molecule has 0 amide bonds. The van der Waals surface area contributed by atoms with Gasteiger partial charge in [-0.3, -0.25) is 0 Å². The maximum atomic E-state index is 7.68. The second kappa shape index (κ2) is 11.6. The van der Waals surface area contributed by atoms with Gasteiger partial charge < -0.3 is 0 Å². The van der Waals surface area contributed by atoms with Gasteiger partial charge in [0.1, 0.15) is 9.52 Å². The molecule has 2 aliphatic rings. The third-order valence-electron chi connectivity index (χ3n) is 8.34. The summed E-state index contributed by atoms with van der Waals surface area (Å²) in [6.45, 7) is 15.9. The monoisotopic (exact) mass is 646 g/mol. The first-order valence-electron chi connectivity index (χ1n) is 13.9. The molecular weight excluding hydrogens is 611 g/mol. The number of fused-ring (bicyclic) bond motifs is 2. The normalized spacial score (nSPS) is 22.0. The molecule has 0 saturated heterocycles. The summed E-state index contributed by atoms with van der Waals surface area (Å²) in [6, 6.07) is 24.1. The molecule has 0 fully saturated rings. The zero-order valence-corrected chi connectivity index (χ0v) is 29.1. The SMILES string of the molecule is CC1=C([Si]C2=C(C)C(Cl)(CC(C)C)c3cccc(-c4ccccc4)c32)c2c(C)cccc2C1(Cl)CC(C)C.[Zr]. The standard InChI is InChI=1S/C35H38Cl2Si.Zr/c1-21(2)19-34(36)24(6)32(30-23(5)13-11-17-28(30)34)38-33-25(7)35(37,20-22(3)4)29-18-12-16-27(31(29)33)26-14-9-8-10-15-26;/h8-18,21-22H,19-20H2,1-7H3;. The average molecular weight is 649 g/mol. The first-order chi connectivity index (χ1) is 18.0. The Kier molecular flexibility index (Phi) is 9.15. The van der Waals surface area contributed by atoms with E-state index in [4.69, 9.17) is 23.2 Å². The Labute approximate surface area is 267 Å². The first kappa shape index (κ1) is 30.8. The van der Waals surface area contributed by atoms with Crippen LogP contribution in [0.1, 0.15) is 82.2 Å². The van der Waals surface area contributed by atoms with Crippen LogP contribution in [0.25, 0.3) is 21.5 Å². The smallest absolute Gasteiger partial charge is 0.109 e. The van der Waals surface area contributed by atoms with E-state index < -0.39 is 9.75 Å². The number of benzene rings is 3. The Morgan fingerprint density at radius 1 is 0.641 bits per heavy atom. The van der Waals surface area contributed by atoms with Gasteiger partial charge in [0, 0.05) is 26.2 Å². The van der Waals surface area contributed by atoms with Crippen molar-refractivity contribution in [2.75, 3.05) is 0 Å². The van der Waals surface area contributed by atoms with E-state index in [0.717, 1.165) is 12.8 Å². The zero-order valence-electron chi connectivity index (χ0n) is 24.2. The molecule has 0 bridgehead atoms. The van der Waals surface area contributed by atoms with Crippen LogP contribution in [0.2, 0.25) is 0 Å². The summed E-state index contributed by atoms with van der Waals surface area (Å²) in [4.78, 5) is -0.947. The topological polar surface area (TPSA) is 0 Å². The molecule has 2 atom stereocenters. The summed E-state index contributed by atoms with van der Waals surface area (Å²) < 4.78 is 0. The van der Waals surface area contributed by atoms with Crippen LogP contribution in [0.4, 0.5) is 0 Å². The van der Waals surface area contributed by atoms with Crippen LogP contribution < -0.4 is 0 Å². The minimum absolute atomic E-state index is 0. The van der Waals surface area contributed by atoms with Crippen LogP contribution in [0.3, 0.4) is 0 Å². The fraction of sp³-hybridized carbons (Fsp3) is 0.371. The van der Waals surface area contributed by atoms with E-state index in [2.05, 4.69) is 115 Å². The quantitative estimate of drug-likeness (QED) is 0.177. The average Bonchev–Trinajstić information content (AvgIpc) is 3.20. The van der Waals surface area contributed by atoms with Crippen molar-refractivity contribution >= 4 is 43.1 Å². The van der Waals surface area contributed by atoms with Crippen molar-refractivity contribution in [2.45, 2.75) is 71.1 Å². The number of hydrogen-bond acceptors (Lipinski definition) is 0. The molecule has 0 saturated carbocycles. The van der Waals surface area contributed by atoms with E-state index >= 15 is 0 Å². The number of rotatable bonds is 7. The predicted octanol–water partition coefficient (Wildman–Crippen LogP) is 10.5. The summed E-state index contributed by atoms with van der Waals surface area (Å²) in [5, 5.41) is 2.80. The number of halogens is 2. The zero-order chi connectivity index (χ0) is 27.4. The van der Waals surface area contributed by atoms with Gasteiger partial charge in [-0.2, -0.15) is 0 Å². The Balaban J connectivity index is 0.00000353. The van der Waals surface area contributed by atoms with Crippen molar-refractivity contribution in [3.8, 4) is 11.1 Å². The number of hydrogen-bond donors (Lipinski definition) is 0. The Morgan fingerprint density at radius 2 is 1.13 bits per heavy atom. The second-order valence-electron chi connectivity index (χ2n) is 12.0. The van der Waals surface area contributed by atoms with E-state index in [1.165, 1.54) is 60.5 Å². The molecule has 4 heteroatoms. The van der Waals surface area contributed by atoms with Crippen LogP contribution in [-0.4, -0.2) is 9.52 Å². The van der Waals surface area contributed by atoms with E-state index in [1.807, 2.05) is 0 Å². The van der Waals surface area contributed by atoms with Crippen LogP contribution in [0.5, 0.6) is 0 Å². The van der Waals surface area contributed by atoms with Gasteiger partial charge >= 0.3 is 0 Å². The largest absolute Gasteiger partial charge is 0.123 e. The van der Waals surface area contributed by atoms with Gasteiger partial charge in [0.25, 0.3) is 0 Å². The van der Waals surface area contributed by atoms with Gasteiger partial charge in [-0.25, -0.2) is 0 Å². The van der Waals surface area contributed by atoms with E-state index in [-0.39, 0.29) is 26.2 Å². The van der Waals surface area contributed by atoms with Crippen molar-refractivity contribution < 1.29 is 26.2 Å². The Hall–Kier alpha value is -1.18. The third kappa shape index (κ3) is 5.18. The molecule has 2 unspecified atom stereocenters. The van der Waals surface area contributed by atoms with Crippen LogP contribution in [-0.2, 0) is 36.0 Å². The molecule has 0 aromatic heterocycles. The molecule has 0 spiro atoms. The summed E-state index contributed by atoms with van der Waals surface area (Å²) >= 11 is 15.3. The van der Waals surface area contributed by atoms with Gasteiger partial charge in [-0.05, 0) is 106 Å². The molecule has 2 radical (unpaired) electrons. The molecule has 39 heavy (non-hydrogen) atoms. The first-order valence-corrected chi connectivity index (χ1v) is 15.6. The number of allylic oxidation sites excluding steroid dienone is 2. The van der Waals surface area contributed by atoms with Gasteiger partial charge in [-0.15, -0.1) is 23.2 Å². The molecular formula is C35H38Cl2SiZr. The minimum Gasteiger partial charge on any atom is -0.109 e. The molecule has 3 aromatic rings. The van der Waals surface area contributed by atoms with Crippen molar-refractivity contribution in [2.24, 2.45) is 11.8 Å². The Morgan fingerprint density at radius 3 is 1.67 bits per heavy atom. The fourth-order valence-corrected chi connectivity index (χ4v) is 9.79. The van der Waals surface area contributed by atoms with Gasteiger partial charge in [-0.1, -0.05) is 94.4 Å². The maximum Gasteiger partial charge on any atom is 0.123 e. The van der Waals surface area contributed by atoms with E-state index in [1.54, 1.807) is 0 Å². The molecule has 3 aromatic carbocycles. The van der Waals surface area contributed by atoms with Crippen molar-refractivity contribution in [1.29, 1.82) is 0 Å². The van der Waals surface area contributed by atoms with Gasteiger partial charge in [0.15, 0.2) is 0 Å². The van der Waals surface area contributed by atoms with E-state index in [0.29, 0.717) is 21.4 Å². The van der Waals surface area contributed by atoms with Crippen LogP contribution >= 0.6 is 23.2 Å². The molecule has 0 N–H and O–H groups in total. The van der Waals surface area contributed by atoms with Crippen molar-refractivity contribution in [1.82, 2.24) is 0 Å². The number of alkyl halides is 2. The number of aryl methyl sites for hydroxylation is 1. The minimum atomic E-state index is -0.492. The molecule has 0 heterocycles. The predicted molar refractivity (Wildman–Crippen MR) is 168 cm³/mol. The molecule has 200 valence electrons. The summed E-state index contributed by atoms with van der Waals surface area (Å²) in [5.41, 5.74) is 11.7. The van der Waals surface area contributed by atoms with Crippen LogP contribution in [0.15, 0.2) is 77.9 Å². The summed E-state index contributed by atoms with van der Waals surface area (Å²) in [6.07, 6.45) is 1.85. The van der Waals surface area contributed by atoms with Crippen molar-refractivity contribution in [3.63, 3.8) is 0 Å². The third-order valence-corrected chi connectivity index (χ3v) is 11.4. The fourth-order valence-electron chi connectivity index (χ4n) is 6.60. The summed E-state index contributed by atoms with van der Waals surface area (Å²) in [7, 11) is 0.489. The summed E-state index contributed by atoms with van der Waals surface area (Å²) in [5.74, 6) is 0.980. The van der Waals surface area contributed by atoms with Gasteiger partial charge in [0.2, 0.25) is 0 Å². The van der Waals surface area contributed by atoms with E-state index in [9.17, 15) is 0 Å². The molecule has 2 aliphatic carbocycles. The maximum absolute atomic E-state index is 7.68. The van der Waals surface area contributed by atoms with Gasteiger partial charge in [0.05, 0.1) is 9.75 Å². The Bertz CT molecular complexity index is 1450. The molecule has 0 aliphatic heterocycles. The molecule has 0 nitrogen and oxygen atoms in total. The van der Waals surface area contributed by atoms with Crippen molar-refractivity contribution in [3.05, 3.63) is 106 Å². The second-order valence-corrected chi connectivity index (χ2v) is 14.6. The van der Waals surface area contributed by atoms with Crippen LogP contribution in [0, 0.1) is 18.8 Å².